The fourth-order valence-electron chi connectivity index (χ4n) is 6.72. The number of methoxy groups -OCH3 is 3. The lowest BCUT2D eigenvalue weighted by Gasteiger charge is -2.45. The molecule has 2 saturated heterocycles. The molecule has 2 unspecified atom stereocenters. The van der Waals surface area contributed by atoms with Crippen molar-refractivity contribution in [2.45, 2.75) is 63.6 Å². The molecule has 39 heavy (non-hydrogen) atoms. The van der Waals surface area contributed by atoms with E-state index in [1.807, 2.05) is 58.9 Å². The zero-order chi connectivity index (χ0) is 27.9. The molecule has 9 nitrogen and oxygen atoms in total. The number of fused-ring (bicyclic) bond motifs is 3. The highest BCUT2D eigenvalue weighted by molar-refractivity contribution is 5.83. The topological polar surface area (TPSA) is 83.6 Å². The van der Waals surface area contributed by atoms with Gasteiger partial charge in [-0.15, -0.1) is 0 Å². The number of likely N-dealkylation sites (N-methyl/N-ethyl adjacent to an activating group) is 1. The largest absolute Gasteiger partial charge is 0.497 e. The van der Waals surface area contributed by atoms with E-state index in [0.29, 0.717) is 51.2 Å². The molecule has 4 aliphatic rings. The van der Waals surface area contributed by atoms with Gasteiger partial charge in [-0.1, -0.05) is 19.1 Å². The van der Waals surface area contributed by atoms with Crippen LogP contribution < -0.4 is 14.8 Å². The normalized spacial score (nSPS) is 25.4. The highest BCUT2D eigenvalue weighted by atomic mass is 16.5. The molecule has 1 aromatic carbocycles. The van der Waals surface area contributed by atoms with Gasteiger partial charge in [0, 0.05) is 42.9 Å². The van der Waals surface area contributed by atoms with Crippen molar-refractivity contribution in [3.05, 3.63) is 59.0 Å². The molecule has 1 aromatic rings. The van der Waals surface area contributed by atoms with Crippen molar-refractivity contribution >= 4 is 12.1 Å². The van der Waals surface area contributed by atoms with E-state index in [1.165, 1.54) is 0 Å². The number of rotatable bonds is 5. The van der Waals surface area contributed by atoms with Gasteiger partial charge in [-0.25, -0.2) is 9.59 Å². The number of likely N-dealkylation sites (tertiary alicyclic amines) is 1. The molecule has 3 heterocycles. The van der Waals surface area contributed by atoms with Gasteiger partial charge >= 0.3 is 12.1 Å². The first kappa shape index (κ1) is 27.0. The summed E-state index contributed by atoms with van der Waals surface area (Å²) in [6.45, 7) is 8.38. The molecule has 2 fully saturated rings. The molecule has 1 spiro atoms. The Balaban J connectivity index is 1.40. The second-order valence-corrected chi connectivity index (χ2v) is 11.1. The Labute approximate surface area is 231 Å². The summed E-state index contributed by atoms with van der Waals surface area (Å²) in [7, 11) is 4.94. The van der Waals surface area contributed by atoms with E-state index in [-0.39, 0.29) is 18.0 Å². The summed E-state index contributed by atoms with van der Waals surface area (Å²) in [4.78, 5) is 33.0. The summed E-state index contributed by atoms with van der Waals surface area (Å²) in [5.74, 6) is 2.27. The number of allylic oxidation sites excluding steroid dienone is 2. The quantitative estimate of drug-likeness (QED) is 0.587. The molecule has 5 rings (SSSR count). The lowest BCUT2D eigenvalue weighted by Crippen LogP contribution is -2.58. The van der Waals surface area contributed by atoms with E-state index < -0.39 is 11.1 Å². The van der Waals surface area contributed by atoms with E-state index in [4.69, 9.17) is 14.2 Å². The van der Waals surface area contributed by atoms with Gasteiger partial charge in [0.1, 0.15) is 17.3 Å². The van der Waals surface area contributed by atoms with Crippen molar-refractivity contribution in [2.75, 3.05) is 41.0 Å². The van der Waals surface area contributed by atoms with E-state index >= 15 is 0 Å². The number of nitrogens with one attached hydrogen (secondary N) is 1. The second kappa shape index (κ2) is 10.2. The molecule has 1 N–H and O–H groups in total. The maximum Gasteiger partial charge on any atom is 0.325 e. The van der Waals surface area contributed by atoms with Crippen LogP contribution in [0.15, 0.2) is 47.9 Å². The fourth-order valence-corrected chi connectivity index (χ4v) is 6.72. The highest BCUT2D eigenvalue weighted by Crippen LogP contribution is 2.49. The lowest BCUT2D eigenvalue weighted by atomic mass is 9.82. The number of carbonyl (C=O) groups excluding carboxylic acids is 2. The minimum Gasteiger partial charge on any atom is -0.497 e. The van der Waals surface area contributed by atoms with Crippen LogP contribution in [0.1, 0.15) is 57.1 Å². The Morgan fingerprint density at radius 1 is 1.13 bits per heavy atom. The van der Waals surface area contributed by atoms with E-state index in [1.54, 1.807) is 21.3 Å². The van der Waals surface area contributed by atoms with Crippen LogP contribution in [0.2, 0.25) is 0 Å². The van der Waals surface area contributed by atoms with Gasteiger partial charge in [-0.2, -0.15) is 0 Å². The number of benzene rings is 1. The Bertz CT molecular complexity index is 1250. The number of urea groups is 2. The number of ether oxygens (including phenoxy) is 3. The number of amides is 4. The lowest BCUT2D eigenvalue weighted by molar-refractivity contribution is 0.101. The molecule has 0 saturated carbocycles. The van der Waals surface area contributed by atoms with Crippen LogP contribution in [0.25, 0.3) is 0 Å². The summed E-state index contributed by atoms with van der Waals surface area (Å²) in [5, 5.41) is 3.20. The predicted molar refractivity (Wildman–Crippen MR) is 149 cm³/mol. The van der Waals surface area contributed by atoms with Crippen molar-refractivity contribution in [2.24, 2.45) is 0 Å². The zero-order valence-electron chi connectivity index (χ0n) is 23.9. The van der Waals surface area contributed by atoms with Crippen LogP contribution in [0.5, 0.6) is 11.5 Å². The fraction of sp³-hybridized carbons (Fsp3) is 0.533. The van der Waals surface area contributed by atoms with Crippen LogP contribution in [0.4, 0.5) is 9.59 Å². The average Bonchev–Trinajstić information content (AvgIpc) is 3.03. The highest BCUT2D eigenvalue weighted by Gasteiger charge is 2.55. The third kappa shape index (κ3) is 4.51. The first-order valence-electron chi connectivity index (χ1n) is 13.7. The minimum absolute atomic E-state index is 0.0159. The number of nitrogens with zero attached hydrogens (tertiary/aromatic N) is 3. The monoisotopic (exact) mass is 536 g/mol. The van der Waals surface area contributed by atoms with Gasteiger partial charge < -0.3 is 29.3 Å². The molecule has 0 radical (unpaired) electrons. The van der Waals surface area contributed by atoms with E-state index in [2.05, 4.69) is 18.3 Å². The molecule has 4 amide bonds. The van der Waals surface area contributed by atoms with Gasteiger partial charge in [0.05, 0.1) is 39.0 Å². The molecule has 0 bridgehead atoms. The summed E-state index contributed by atoms with van der Waals surface area (Å²) in [6, 6.07) is 3.84. The van der Waals surface area contributed by atoms with Gasteiger partial charge in [-0.05, 0) is 56.9 Å². The van der Waals surface area contributed by atoms with Gasteiger partial charge in [0.25, 0.3) is 0 Å². The van der Waals surface area contributed by atoms with Crippen molar-refractivity contribution in [1.29, 1.82) is 0 Å². The predicted octanol–water partition coefficient (Wildman–Crippen LogP) is 4.76. The number of carbonyl (C=O) groups is 2. The van der Waals surface area contributed by atoms with Crippen molar-refractivity contribution in [3.8, 4) is 11.5 Å². The van der Waals surface area contributed by atoms with E-state index in [9.17, 15) is 9.59 Å². The van der Waals surface area contributed by atoms with Gasteiger partial charge in [0.2, 0.25) is 0 Å². The number of piperidine rings is 1. The van der Waals surface area contributed by atoms with Crippen LogP contribution in [-0.2, 0) is 11.3 Å². The Hall–Kier alpha value is -3.62. The third-order valence-electron chi connectivity index (χ3n) is 8.70. The smallest absolute Gasteiger partial charge is 0.325 e. The maximum absolute atomic E-state index is 13.8. The Kier molecular flexibility index (Phi) is 7.03. The van der Waals surface area contributed by atoms with Crippen molar-refractivity contribution in [3.63, 3.8) is 0 Å². The van der Waals surface area contributed by atoms with Crippen LogP contribution in [0.3, 0.4) is 0 Å². The standard InChI is InChI=1S/C30H40N4O5/c1-7-34-28(36)33-19-21-16-23(38-5)17-24(39-6)26(21)20(2)15-25(33)30(34)11-13-32(14-12-30)27(35)31-29(3)10-8-9-22(18-29)37-4/h8-9,15-18,20H,7,10-14,19H2,1-6H3,(H,31,35). The van der Waals surface area contributed by atoms with Crippen molar-refractivity contribution in [1.82, 2.24) is 20.0 Å². The number of hydrogen-bond donors (Lipinski definition) is 1. The van der Waals surface area contributed by atoms with Gasteiger partial charge in [-0.3, -0.25) is 4.90 Å². The summed E-state index contributed by atoms with van der Waals surface area (Å²) >= 11 is 0. The molecule has 3 aliphatic heterocycles. The van der Waals surface area contributed by atoms with Crippen molar-refractivity contribution < 1.29 is 23.8 Å². The van der Waals surface area contributed by atoms with Gasteiger partial charge in [0.15, 0.2) is 0 Å². The Morgan fingerprint density at radius 3 is 2.51 bits per heavy atom. The Morgan fingerprint density at radius 2 is 1.87 bits per heavy atom. The summed E-state index contributed by atoms with van der Waals surface area (Å²) in [6.07, 6.45) is 10.2. The summed E-state index contributed by atoms with van der Waals surface area (Å²) < 4.78 is 16.6. The molecule has 1 aliphatic carbocycles. The first-order valence-corrected chi connectivity index (χ1v) is 13.7. The average molecular weight is 537 g/mol. The van der Waals surface area contributed by atoms with E-state index in [0.717, 1.165) is 28.3 Å². The third-order valence-corrected chi connectivity index (χ3v) is 8.70. The SMILES string of the molecule is CCN1C(=O)N2Cc3cc(OC)cc(OC)c3C(C)C=C2C12CCN(C(=O)NC1(C)C=C(OC)C=CC1)CC2. The second-order valence-electron chi connectivity index (χ2n) is 11.1. The molecular formula is C30H40N4O5. The molecule has 9 heteroatoms. The summed E-state index contributed by atoms with van der Waals surface area (Å²) in [5.41, 5.74) is 2.20. The molecular weight excluding hydrogens is 496 g/mol. The van der Waals surface area contributed by atoms with Crippen LogP contribution >= 0.6 is 0 Å². The molecule has 0 aromatic heterocycles. The maximum atomic E-state index is 13.8. The van der Waals surface area contributed by atoms with Crippen LogP contribution in [-0.4, -0.2) is 78.8 Å². The molecule has 2 atom stereocenters. The zero-order valence-corrected chi connectivity index (χ0v) is 23.9. The minimum atomic E-state index is -0.507. The first-order chi connectivity index (χ1) is 18.7. The number of hydrogen-bond acceptors (Lipinski definition) is 5. The molecule has 210 valence electrons. The van der Waals surface area contributed by atoms with Crippen LogP contribution in [0, 0.1) is 0 Å².